The van der Waals surface area contributed by atoms with E-state index in [9.17, 15) is 17.4 Å². The first-order valence-electron chi connectivity index (χ1n) is 6.07. The van der Waals surface area contributed by atoms with Gasteiger partial charge in [-0.3, -0.25) is 9.00 Å². The van der Waals surface area contributed by atoms with Crippen LogP contribution in [0, 0.1) is 0 Å². The average Bonchev–Trinajstić information content (AvgIpc) is 2.40. The van der Waals surface area contributed by atoms with E-state index in [2.05, 4.69) is 5.32 Å². The number of nitrogens with one attached hydrogen (secondary N) is 1. The smallest absolute Gasteiger partial charge is 0.261 e. The van der Waals surface area contributed by atoms with Crippen molar-refractivity contribution in [2.24, 2.45) is 0 Å². The van der Waals surface area contributed by atoms with Gasteiger partial charge in [-0.15, -0.1) is 0 Å². The van der Waals surface area contributed by atoms with Crippen molar-refractivity contribution in [1.82, 2.24) is 5.32 Å². The van der Waals surface area contributed by atoms with Gasteiger partial charge in [0.1, 0.15) is 0 Å². The molecule has 2 rings (SSSR count). The summed E-state index contributed by atoms with van der Waals surface area (Å²) in [5, 5.41) is 2.86. The molecule has 0 atom stereocenters. The van der Waals surface area contributed by atoms with Crippen LogP contribution in [-0.4, -0.2) is 36.1 Å². The SMILES string of the molecule is O=C(NC1CCS(=O)CC1)c1ccc(S(=O)(=O)Cl)cc1. The Morgan fingerprint density at radius 2 is 1.75 bits per heavy atom. The number of amides is 1. The summed E-state index contributed by atoms with van der Waals surface area (Å²) in [5.74, 6) is 0.948. The number of carbonyl (C=O) groups excluding carboxylic acids is 1. The summed E-state index contributed by atoms with van der Waals surface area (Å²) in [6.07, 6.45) is 1.40. The molecule has 0 aliphatic carbocycles. The Morgan fingerprint density at radius 1 is 1.20 bits per heavy atom. The summed E-state index contributed by atoms with van der Waals surface area (Å²) in [4.78, 5) is 11.9. The van der Waals surface area contributed by atoms with E-state index in [4.69, 9.17) is 10.7 Å². The number of benzene rings is 1. The second-order valence-corrected chi connectivity index (χ2v) is 8.82. The first-order valence-corrected chi connectivity index (χ1v) is 9.86. The van der Waals surface area contributed by atoms with E-state index in [1.165, 1.54) is 24.3 Å². The maximum atomic E-state index is 12.0. The fourth-order valence-electron chi connectivity index (χ4n) is 1.98. The van der Waals surface area contributed by atoms with Crippen LogP contribution in [0.5, 0.6) is 0 Å². The molecule has 1 aliphatic rings. The largest absolute Gasteiger partial charge is 0.349 e. The summed E-state index contributed by atoms with van der Waals surface area (Å²) < 4.78 is 33.4. The summed E-state index contributed by atoms with van der Waals surface area (Å²) >= 11 is 0. The van der Waals surface area contributed by atoms with E-state index in [0.717, 1.165) is 0 Å². The topological polar surface area (TPSA) is 80.3 Å². The lowest BCUT2D eigenvalue weighted by Crippen LogP contribution is -2.39. The Labute approximate surface area is 124 Å². The third-order valence-corrected chi connectivity index (χ3v) is 5.87. The molecule has 8 heteroatoms. The molecule has 1 amide bonds. The molecule has 1 heterocycles. The number of hydrogen-bond acceptors (Lipinski definition) is 4. The fraction of sp³-hybridized carbons (Fsp3) is 0.417. The molecule has 0 bridgehead atoms. The highest BCUT2D eigenvalue weighted by molar-refractivity contribution is 8.13. The summed E-state index contributed by atoms with van der Waals surface area (Å²) in [5.41, 5.74) is 0.376. The van der Waals surface area contributed by atoms with E-state index in [1.807, 2.05) is 0 Å². The molecule has 1 aromatic carbocycles. The van der Waals surface area contributed by atoms with Gasteiger partial charge in [0.2, 0.25) is 0 Å². The minimum atomic E-state index is -3.77. The van der Waals surface area contributed by atoms with Crippen molar-refractivity contribution >= 4 is 36.4 Å². The van der Waals surface area contributed by atoms with Crippen LogP contribution in [0.25, 0.3) is 0 Å². The van der Waals surface area contributed by atoms with Crippen LogP contribution in [0.3, 0.4) is 0 Å². The predicted octanol–water partition coefficient (Wildman–Crippen LogP) is 1.26. The molecule has 0 saturated carbocycles. The lowest BCUT2D eigenvalue weighted by Gasteiger charge is -2.22. The summed E-state index contributed by atoms with van der Waals surface area (Å²) in [6.45, 7) is 0. The van der Waals surface area contributed by atoms with E-state index in [1.54, 1.807) is 0 Å². The summed E-state index contributed by atoms with van der Waals surface area (Å²) in [7, 11) is 0.665. The molecule has 5 nitrogen and oxygen atoms in total. The fourth-order valence-corrected chi connectivity index (χ4v) is 4.04. The van der Waals surface area contributed by atoms with E-state index in [0.29, 0.717) is 29.9 Å². The van der Waals surface area contributed by atoms with Crippen LogP contribution >= 0.6 is 10.7 Å². The average molecular weight is 336 g/mol. The number of rotatable bonds is 3. The molecule has 1 aliphatic heterocycles. The van der Waals surface area contributed by atoms with Crippen molar-refractivity contribution in [3.8, 4) is 0 Å². The first-order chi connectivity index (χ1) is 9.36. The van der Waals surface area contributed by atoms with Gasteiger partial charge in [-0.1, -0.05) is 0 Å². The molecular formula is C12H14ClNO4S2. The maximum absolute atomic E-state index is 12.0. The van der Waals surface area contributed by atoms with Crippen LogP contribution in [0.2, 0.25) is 0 Å². The van der Waals surface area contributed by atoms with Crippen molar-refractivity contribution in [3.63, 3.8) is 0 Å². The molecule has 1 saturated heterocycles. The third kappa shape index (κ3) is 4.04. The quantitative estimate of drug-likeness (QED) is 0.843. The normalized spacial score (nSPS) is 23.2. The lowest BCUT2D eigenvalue weighted by atomic mass is 10.1. The molecular weight excluding hydrogens is 322 g/mol. The molecule has 1 aromatic rings. The minimum Gasteiger partial charge on any atom is -0.349 e. The van der Waals surface area contributed by atoms with Crippen LogP contribution in [-0.2, 0) is 19.9 Å². The molecule has 20 heavy (non-hydrogen) atoms. The third-order valence-electron chi connectivity index (χ3n) is 3.12. The molecule has 1 N–H and O–H groups in total. The Hall–Kier alpha value is -0.920. The zero-order valence-corrected chi connectivity index (χ0v) is 12.9. The minimum absolute atomic E-state index is 0.0247. The molecule has 0 unspecified atom stereocenters. The number of hydrogen-bond donors (Lipinski definition) is 1. The van der Waals surface area contributed by atoms with Gasteiger partial charge in [0.15, 0.2) is 0 Å². The van der Waals surface area contributed by atoms with Crippen molar-refractivity contribution in [1.29, 1.82) is 0 Å². The summed E-state index contributed by atoms with van der Waals surface area (Å²) in [6, 6.07) is 5.47. The van der Waals surface area contributed by atoms with Crippen LogP contribution in [0.1, 0.15) is 23.2 Å². The number of halogens is 1. The highest BCUT2D eigenvalue weighted by Crippen LogP contribution is 2.16. The van der Waals surface area contributed by atoms with E-state index >= 15 is 0 Å². The maximum Gasteiger partial charge on any atom is 0.261 e. The molecule has 110 valence electrons. The van der Waals surface area contributed by atoms with Gasteiger partial charge in [0, 0.05) is 44.6 Å². The Kier molecular flexibility index (Phi) is 4.82. The van der Waals surface area contributed by atoms with Crippen LogP contribution in [0.4, 0.5) is 0 Å². The standard InChI is InChI=1S/C12H14ClNO4S2/c13-20(17,18)11-3-1-9(2-4-11)12(15)14-10-5-7-19(16)8-6-10/h1-4,10H,5-8H2,(H,14,15). The zero-order valence-electron chi connectivity index (χ0n) is 10.5. The molecule has 0 aromatic heterocycles. The highest BCUT2D eigenvalue weighted by Gasteiger charge is 2.20. The van der Waals surface area contributed by atoms with Crippen molar-refractivity contribution in [3.05, 3.63) is 29.8 Å². The van der Waals surface area contributed by atoms with E-state index in [-0.39, 0.29) is 16.8 Å². The Balaban J connectivity index is 2.01. The van der Waals surface area contributed by atoms with Crippen LogP contribution < -0.4 is 5.32 Å². The van der Waals surface area contributed by atoms with Gasteiger partial charge in [-0.05, 0) is 37.1 Å². The van der Waals surface area contributed by atoms with Crippen molar-refractivity contribution in [2.75, 3.05) is 11.5 Å². The predicted molar refractivity (Wildman–Crippen MR) is 77.8 cm³/mol. The van der Waals surface area contributed by atoms with Gasteiger partial charge >= 0.3 is 0 Å². The highest BCUT2D eigenvalue weighted by atomic mass is 35.7. The Morgan fingerprint density at radius 3 is 2.25 bits per heavy atom. The van der Waals surface area contributed by atoms with Gasteiger partial charge < -0.3 is 5.32 Å². The van der Waals surface area contributed by atoms with Crippen LogP contribution in [0.15, 0.2) is 29.2 Å². The monoisotopic (exact) mass is 335 g/mol. The van der Waals surface area contributed by atoms with Gasteiger partial charge in [-0.25, -0.2) is 8.42 Å². The van der Waals surface area contributed by atoms with Gasteiger partial charge in [0.05, 0.1) is 4.90 Å². The zero-order chi connectivity index (χ0) is 14.8. The lowest BCUT2D eigenvalue weighted by molar-refractivity contribution is 0.0934. The molecule has 0 spiro atoms. The number of carbonyl (C=O) groups is 1. The van der Waals surface area contributed by atoms with Crippen molar-refractivity contribution < 1.29 is 17.4 Å². The van der Waals surface area contributed by atoms with E-state index < -0.39 is 19.9 Å². The Bertz CT molecular complexity index is 617. The van der Waals surface area contributed by atoms with Gasteiger partial charge in [-0.2, -0.15) is 0 Å². The molecule has 1 fully saturated rings. The van der Waals surface area contributed by atoms with Gasteiger partial charge in [0.25, 0.3) is 15.0 Å². The first kappa shape index (κ1) is 15.5. The molecule has 0 radical (unpaired) electrons. The second kappa shape index (κ2) is 6.24. The second-order valence-electron chi connectivity index (χ2n) is 4.56. The van der Waals surface area contributed by atoms with Crippen molar-refractivity contribution in [2.45, 2.75) is 23.8 Å².